The second-order valence-corrected chi connectivity index (χ2v) is 6.91. The molecule has 1 aliphatic carbocycles. The predicted octanol–water partition coefficient (Wildman–Crippen LogP) is 2.37. The van der Waals surface area contributed by atoms with Crippen molar-refractivity contribution in [2.24, 2.45) is 5.92 Å². The first-order chi connectivity index (χ1) is 13.1. The summed E-state index contributed by atoms with van der Waals surface area (Å²) in [6, 6.07) is 3.34. The molecule has 0 unspecified atom stereocenters. The van der Waals surface area contributed by atoms with Gasteiger partial charge < -0.3 is 4.90 Å². The number of nitrogens with zero attached hydrogens (tertiary/aromatic N) is 7. The van der Waals surface area contributed by atoms with Crippen LogP contribution in [0.25, 0.3) is 5.95 Å². The molecular weight excluding hydrogens is 342 g/mol. The SMILES string of the molecule is Cc1cncc(C(=O)N(CC2CC2)[C@@H](C)c2ncnn2-c2ncccn2)c1. The van der Waals surface area contributed by atoms with E-state index in [2.05, 4.69) is 25.0 Å². The fourth-order valence-electron chi connectivity index (χ4n) is 3.06. The van der Waals surface area contributed by atoms with E-state index in [1.54, 1.807) is 35.5 Å². The third-order valence-electron chi connectivity index (χ3n) is 4.69. The molecular formula is C19H21N7O. The molecule has 3 aromatic rings. The molecule has 1 saturated carbocycles. The van der Waals surface area contributed by atoms with Crippen molar-refractivity contribution in [2.45, 2.75) is 32.7 Å². The van der Waals surface area contributed by atoms with Crippen molar-refractivity contribution in [1.29, 1.82) is 0 Å². The largest absolute Gasteiger partial charge is 0.328 e. The second kappa shape index (κ2) is 7.22. The van der Waals surface area contributed by atoms with Crippen LogP contribution in [0.2, 0.25) is 0 Å². The number of hydrogen-bond donors (Lipinski definition) is 0. The van der Waals surface area contributed by atoms with Gasteiger partial charge in [0.1, 0.15) is 6.33 Å². The lowest BCUT2D eigenvalue weighted by Crippen LogP contribution is -2.36. The van der Waals surface area contributed by atoms with E-state index in [4.69, 9.17) is 0 Å². The molecule has 0 radical (unpaired) electrons. The molecule has 0 N–H and O–H groups in total. The minimum atomic E-state index is -0.273. The maximum absolute atomic E-state index is 13.2. The Balaban J connectivity index is 1.67. The normalized spacial score (nSPS) is 14.7. The Morgan fingerprint density at radius 2 is 2.04 bits per heavy atom. The van der Waals surface area contributed by atoms with E-state index in [1.807, 2.05) is 24.8 Å². The van der Waals surface area contributed by atoms with Gasteiger partial charge in [0.15, 0.2) is 5.82 Å². The van der Waals surface area contributed by atoms with Crippen molar-refractivity contribution < 1.29 is 4.79 Å². The molecule has 3 heterocycles. The highest BCUT2D eigenvalue weighted by atomic mass is 16.2. The van der Waals surface area contributed by atoms with E-state index >= 15 is 0 Å². The zero-order valence-electron chi connectivity index (χ0n) is 15.4. The highest BCUT2D eigenvalue weighted by Crippen LogP contribution is 2.33. The van der Waals surface area contributed by atoms with Gasteiger partial charge in [-0.25, -0.2) is 15.0 Å². The first-order valence-corrected chi connectivity index (χ1v) is 9.03. The summed E-state index contributed by atoms with van der Waals surface area (Å²) >= 11 is 0. The molecule has 4 rings (SSSR count). The molecule has 1 atom stereocenters. The zero-order valence-corrected chi connectivity index (χ0v) is 15.4. The van der Waals surface area contributed by atoms with Crippen LogP contribution in [0.1, 0.15) is 47.6 Å². The van der Waals surface area contributed by atoms with Gasteiger partial charge in [0.05, 0.1) is 11.6 Å². The summed E-state index contributed by atoms with van der Waals surface area (Å²) in [5, 5.41) is 4.26. The van der Waals surface area contributed by atoms with Crippen molar-refractivity contribution in [3.05, 3.63) is 60.2 Å². The van der Waals surface area contributed by atoms with E-state index in [0.29, 0.717) is 29.8 Å². The smallest absolute Gasteiger partial charge is 0.256 e. The van der Waals surface area contributed by atoms with Crippen molar-refractivity contribution in [1.82, 2.24) is 34.6 Å². The lowest BCUT2D eigenvalue weighted by molar-refractivity contribution is 0.0670. The summed E-state index contributed by atoms with van der Waals surface area (Å²) in [7, 11) is 0. The number of rotatable bonds is 6. The summed E-state index contributed by atoms with van der Waals surface area (Å²) < 4.78 is 1.59. The van der Waals surface area contributed by atoms with Gasteiger partial charge in [0.25, 0.3) is 11.9 Å². The van der Waals surface area contributed by atoms with Gasteiger partial charge >= 0.3 is 0 Å². The maximum Gasteiger partial charge on any atom is 0.256 e. The average molecular weight is 363 g/mol. The number of aryl methyl sites for hydroxylation is 1. The maximum atomic E-state index is 13.2. The lowest BCUT2D eigenvalue weighted by atomic mass is 10.1. The Hall–Kier alpha value is -3.16. The van der Waals surface area contributed by atoms with Gasteiger partial charge in [-0.3, -0.25) is 9.78 Å². The summed E-state index contributed by atoms with van der Waals surface area (Å²) in [4.78, 5) is 32.2. The molecule has 1 amide bonds. The highest BCUT2D eigenvalue weighted by Gasteiger charge is 2.33. The van der Waals surface area contributed by atoms with E-state index in [0.717, 1.165) is 18.4 Å². The Morgan fingerprint density at radius 3 is 2.74 bits per heavy atom. The van der Waals surface area contributed by atoms with Crippen LogP contribution in [0.4, 0.5) is 0 Å². The number of hydrogen-bond acceptors (Lipinski definition) is 6. The van der Waals surface area contributed by atoms with E-state index in [9.17, 15) is 4.79 Å². The third kappa shape index (κ3) is 3.69. The standard InChI is InChI=1S/C19H21N7O/c1-13-8-16(10-20-9-13)18(27)25(11-15-4-5-15)14(2)17-23-12-24-26(17)19-21-6-3-7-22-19/h3,6-10,12,14-15H,4-5,11H2,1-2H3/t14-/m0/s1. The molecule has 8 nitrogen and oxygen atoms in total. The summed E-state index contributed by atoms with van der Waals surface area (Å²) in [5.74, 6) is 1.57. The van der Waals surface area contributed by atoms with Crippen molar-refractivity contribution in [3.8, 4) is 5.95 Å². The molecule has 0 spiro atoms. The molecule has 0 aromatic carbocycles. The average Bonchev–Trinajstić information content (AvgIpc) is 3.38. The van der Waals surface area contributed by atoms with Crippen LogP contribution < -0.4 is 0 Å². The number of carbonyl (C=O) groups excluding carboxylic acids is 1. The van der Waals surface area contributed by atoms with Crippen LogP contribution in [0.15, 0.2) is 43.2 Å². The number of carbonyl (C=O) groups is 1. The van der Waals surface area contributed by atoms with Crippen LogP contribution in [0.5, 0.6) is 0 Å². The molecule has 1 aliphatic rings. The van der Waals surface area contributed by atoms with Crippen molar-refractivity contribution in [2.75, 3.05) is 6.54 Å². The van der Waals surface area contributed by atoms with Gasteiger partial charge in [-0.05, 0) is 50.3 Å². The molecule has 8 heteroatoms. The quantitative estimate of drug-likeness (QED) is 0.668. The second-order valence-electron chi connectivity index (χ2n) is 6.91. The zero-order chi connectivity index (χ0) is 18.8. The molecule has 138 valence electrons. The minimum Gasteiger partial charge on any atom is -0.328 e. The van der Waals surface area contributed by atoms with Crippen LogP contribution >= 0.6 is 0 Å². The van der Waals surface area contributed by atoms with E-state index in [1.165, 1.54) is 6.33 Å². The first kappa shape index (κ1) is 17.3. The van der Waals surface area contributed by atoms with E-state index < -0.39 is 0 Å². The lowest BCUT2D eigenvalue weighted by Gasteiger charge is -2.29. The Bertz CT molecular complexity index is 936. The van der Waals surface area contributed by atoms with Crippen LogP contribution in [-0.2, 0) is 0 Å². The fraction of sp³-hybridized carbons (Fsp3) is 0.368. The Labute approximate surface area is 157 Å². The topological polar surface area (TPSA) is 89.7 Å². The monoisotopic (exact) mass is 363 g/mol. The summed E-state index contributed by atoms with van der Waals surface area (Å²) in [5.41, 5.74) is 1.55. The molecule has 1 fully saturated rings. The third-order valence-corrected chi connectivity index (χ3v) is 4.69. The van der Waals surface area contributed by atoms with Gasteiger partial charge in [0, 0.05) is 31.3 Å². The molecule has 27 heavy (non-hydrogen) atoms. The molecule has 0 saturated heterocycles. The van der Waals surface area contributed by atoms with Gasteiger partial charge in [0.2, 0.25) is 0 Å². The Morgan fingerprint density at radius 1 is 1.26 bits per heavy atom. The first-order valence-electron chi connectivity index (χ1n) is 9.03. The van der Waals surface area contributed by atoms with E-state index in [-0.39, 0.29) is 11.9 Å². The number of pyridine rings is 1. The van der Waals surface area contributed by atoms with Gasteiger partial charge in [-0.2, -0.15) is 9.78 Å². The van der Waals surface area contributed by atoms with Crippen LogP contribution in [0.3, 0.4) is 0 Å². The van der Waals surface area contributed by atoms with Crippen molar-refractivity contribution in [3.63, 3.8) is 0 Å². The predicted molar refractivity (Wildman–Crippen MR) is 98.1 cm³/mol. The van der Waals surface area contributed by atoms with Crippen molar-refractivity contribution >= 4 is 5.91 Å². The number of amides is 1. The fourth-order valence-corrected chi connectivity index (χ4v) is 3.06. The number of aromatic nitrogens is 6. The molecule has 3 aromatic heterocycles. The molecule has 0 bridgehead atoms. The molecule has 0 aliphatic heterocycles. The summed E-state index contributed by atoms with van der Waals surface area (Å²) in [6.45, 7) is 4.59. The van der Waals surface area contributed by atoms with Gasteiger partial charge in [-0.1, -0.05) is 0 Å². The van der Waals surface area contributed by atoms with Crippen LogP contribution in [0, 0.1) is 12.8 Å². The Kier molecular flexibility index (Phi) is 4.62. The highest BCUT2D eigenvalue weighted by molar-refractivity contribution is 5.94. The summed E-state index contributed by atoms with van der Waals surface area (Å²) in [6.07, 6.45) is 10.4. The van der Waals surface area contributed by atoms with Crippen LogP contribution in [-0.4, -0.2) is 47.1 Å². The minimum absolute atomic E-state index is 0.0471. The van der Waals surface area contributed by atoms with Gasteiger partial charge in [-0.15, -0.1) is 0 Å².